The van der Waals surface area contributed by atoms with E-state index < -0.39 is 0 Å². The monoisotopic (exact) mass is 1740 g/mol. The number of hydrogen-bond acceptors (Lipinski definition) is 24. The predicted molar refractivity (Wildman–Crippen MR) is 525 cm³/mol. The van der Waals surface area contributed by atoms with Gasteiger partial charge in [-0.15, -0.1) is 0 Å². The van der Waals surface area contributed by atoms with Gasteiger partial charge in [-0.2, -0.15) is 0 Å². The number of rotatable bonds is 20. The van der Waals surface area contributed by atoms with Crippen molar-refractivity contribution < 1.29 is 0 Å². The van der Waals surface area contributed by atoms with Crippen LogP contribution in [0.1, 0.15) is 145 Å². The summed E-state index contributed by atoms with van der Waals surface area (Å²) in [6.45, 7) is 18.4. The maximum Gasteiger partial charge on any atom is 0.135 e. The van der Waals surface area contributed by atoms with Crippen LogP contribution in [0.25, 0.3) is 56.4 Å². The molecule has 130 heavy (non-hydrogen) atoms. The number of piperidine rings is 5. The first-order valence-corrected chi connectivity index (χ1v) is 45.8. The molecular weight excluding hydrogens is 1630 g/mol. The number of nitrogens with zero attached hydrogens (tertiary/aromatic N) is 14. The van der Waals surface area contributed by atoms with Crippen molar-refractivity contribution in [2.75, 3.05) is 92.0 Å². The number of hydrogen-bond donors (Lipinski definition) is 10. The first-order valence-electron chi connectivity index (χ1n) is 45.4. The summed E-state index contributed by atoms with van der Waals surface area (Å²) in [4.78, 5) is 65.3. The van der Waals surface area contributed by atoms with E-state index in [4.69, 9.17) is 61.4 Å². The third-order valence-corrected chi connectivity index (χ3v) is 23.6. The Bertz CT molecular complexity index is 5430. The number of benzene rings is 6. The largest absolute Gasteiger partial charge is 0.340 e. The van der Waals surface area contributed by atoms with E-state index in [2.05, 4.69) is 210 Å². The molecule has 5 fully saturated rings. The van der Waals surface area contributed by atoms with Gasteiger partial charge < -0.3 is 53.2 Å². The molecule has 25 heteroatoms. The van der Waals surface area contributed by atoms with Gasteiger partial charge in [0.05, 0.1) is 34.2 Å². The molecule has 0 radical (unpaired) electrons. The molecule has 9 aromatic heterocycles. The van der Waals surface area contributed by atoms with Gasteiger partial charge in [0.25, 0.3) is 0 Å². The second kappa shape index (κ2) is 45.9. The van der Waals surface area contributed by atoms with E-state index in [1.165, 1.54) is 28.7 Å². The molecule has 5 saturated heterocycles. The van der Waals surface area contributed by atoms with Crippen LogP contribution in [0, 0.1) is 27.7 Å². The summed E-state index contributed by atoms with van der Waals surface area (Å²) < 4.78 is 0. The summed E-state index contributed by atoms with van der Waals surface area (Å²) in [6.07, 6.45) is 24.0. The van der Waals surface area contributed by atoms with Crippen molar-refractivity contribution in [2.45, 2.75) is 121 Å². The van der Waals surface area contributed by atoms with Gasteiger partial charge in [0.1, 0.15) is 58.2 Å². The van der Waals surface area contributed by atoms with Gasteiger partial charge in [0.15, 0.2) is 0 Å². The lowest BCUT2D eigenvalue weighted by Crippen LogP contribution is -2.29. The van der Waals surface area contributed by atoms with Crippen LogP contribution in [0.15, 0.2) is 280 Å². The Morgan fingerprint density at radius 3 is 0.885 bits per heavy atom. The Labute approximate surface area is 767 Å². The summed E-state index contributed by atoms with van der Waals surface area (Å²) in [6, 6.07) is 79.1. The van der Waals surface area contributed by atoms with Crippen molar-refractivity contribution in [2.24, 2.45) is 0 Å². The number of aromatic nitrogens is 14. The van der Waals surface area contributed by atoms with Gasteiger partial charge in [0, 0.05) is 192 Å². The predicted octanol–water partition coefficient (Wildman–Crippen LogP) is 21.2. The standard InChI is InChI=1S/C22H24N4.3C21H23N5.C20H20ClN5/c1-16-9-11-19(12-10-16)24-21-14-20(17-6-3-2-4-7-17)25-22(26-21)18-8-5-13-23-15-18;1-15-6-8-18(9-7-15)24-20-12-19(16-4-2-10-22-13-16)25-21(26-20)17-5-3-11-23-14-17;1-15-4-6-18(7-5-15)24-20-13-19(16-8-11-22-12-9-16)25-21(26-20)17-3-2-10-23-14-17;1-15-7-9-17(10-8-15)24-20-13-19(18-6-2-3-12-23-18)25-21(26-20)16-5-4-11-22-14-16;21-16-4-1-5-17(11-16)24-19-12-18(14-6-9-22-10-7-14)25-20(26-19)15-3-2-8-23-13-15/h2-4,6-7,9-12,14,18,23H,5,8,13,15H2,1H3,(H,24,25,26);2,4,6-10,12-13,17,23H,3,5,11,14H2,1H3,(H,24,25,26);4-9,11-13,17,23H,2-3,10,14H2,1H3,(H,24,25,26);2-3,6-10,12-13,16,22H,4-5,11,14H2,1H3,(H,24,25,26);1,4-7,9-12,15,23H,2-3,8,13H2,(H,24,25,26). The van der Waals surface area contributed by atoms with Crippen molar-refractivity contribution in [1.82, 2.24) is 96.4 Å². The molecular formula is C105H113ClN24. The highest BCUT2D eigenvalue weighted by molar-refractivity contribution is 6.30. The van der Waals surface area contributed by atoms with Crippen LogP contribution in [0.5, 0.6) is 0 Å². The molecule has 0 spiro atoms. The quantitative estimate of drug-likeness (QED) is 0.0339. The smallest absolute Gasteiger partial charge is 0.135 e. The van der Waals surface area contributed by atoms with Crippen molar-refractivity contribution in [1.29, 1.82) is 0 Å². The fourth-order valence-electron chi connectivity index (χ4n) is 16.2. The van der Waals surface area contributed by atoms with Crippen LogP contribution in [-0.4, -0.2) is 135 Å². The topological polar surface area (TPSA) is 301 Å². The van der Waals surface area contributed by atoms with Crippen molar-refractivity contribution >= 4 is 69.1 Å². The molecule has 6 aromatic carbocycles. The zero-order chi connectivity index (χ0) is 88.8. The van der Waals surface area contributed by atoms with E-state index in [1.807, 2.05) is 134 Å². The van der Waals surface area contributed by atoms with E-state index in [-0.39, 0.29) is 0 Å². The fraction of sp³-hybridized carbons (Fsp3) is 0.276. The maximum absolute atomic E-state index is 6.10. The molecule has 0 bridgehead atoms. The Morgan fingerprint density at radius 1 is 0.254 bits per heavy atom. The Morgan fingerprint density at radius 2 is 0.569 bits per heavy atom. The van der Waals surface area contributed by atoms with Crippen LogP contribution in [0.3, 0.4) is 0 Å². The number of anilines is 10. The highest BCUT2D eigenvalue weighted by Gasteiger charge is 2.26. The lowest BCUT2D eigenvalue weighted by atomic mass is 9.98. The molecule has 660 valence electrons. The molecule has 5 aliphatic rings. The lowest BCUT2D eigenvalue weighted by Gasteiger charge is -2.22. The van der Waals surface area contributed by atoms with Gasteiger partial charge in [0.2, 0.25) is 0 Å². The SMILES string of the molecule is Cc1ccc(Nc2cc(-c3ccccc3)nc(C3CCCNC3)n2)cc1.Cc1ccc(Nc2cc(-c3ccccn3)nc(C3CCCNC3)n2)cc1.Cc1ccc(Nc2cc(-c3cccnc3)nc(C3CCCNC3)n2)cc1.Cc1ccc(Nc2cc(-c3ccncc3)nc(C3CCCNC3)n2)cc1.Clc1cccc(Nc2cc(-c3ccncc3)nc(C3CCCNC3)n2)c1. The molecule has 24 nitrogen and oxygen atoms in total. The average molecular weight is 1750 g/mol. The normalized spacial score (nSPS) is 17.0. The molecule has 0 amide bonds. The van der Waals surface area contributed by atoms with E-state index in [1.54, 1.807) is 37.2 Å². The first-order chi connectivity index (χ1) is 63.9. The highest BCUT2D eigenvalue weighted by atomic mass is 35.5. The molecule has 5 atom stereocenters. The minimum absolute atomic E-state index is 0.324. The van der Waals surface area contributed by atoms with E-state index in [0.717, 1.165) is 266 Å². The second-order valence-corrected chi connectivity index (χ2v) is 34.0. The molecule has 15 aromatic rings. The molecule has 0 saturated carbocycles. The second-order valence-electron chi connectivity index (χ2n) is 33.6. The zero-order valence-electron chi connectivity index (χ0n) is 74.2. The van der Waals surface area contributed by atoms with Crippen molar-refractivity contribution in [3.05, 3.63) is 336 Å². The molecule has 5 unspecified atom stereocenters. The van der Waals surface area contributed by atoms with E-state index >= 15 is 0 Å². The molecule has 0 aliphatic carbocycles. The highest BCUT2D eigenvalue weighted by Crippen LogP contribution is 2.35. The summed E-state index contributed by atoms with van der Waals surface area (Å²) >= 11 is 6.10. The Kier molecular flexibility index (Phi) is 31.7. The van der Waals surface area contributed by atoms with Gasteiger partial charge in [-0.25, -0.2) is 49.8 Å². The number of pyridine rings is 4. The number of aryl methyl sites for hydroxylation is 4. The van der Waals surface area contributed by atoms with E-state index in [9.17, 15) is 0 Å². The van der Waals surface area contributed by atoms with Crippen LogP contribution in [0.2, 0.25) is 5.02 Å². The lowest BCUT2D eigenvalue weighted by molar-refractivity contribution is 0.447. The summed E-state index contributed by atoms with van der Waals surface area (Å²) in [5.74, 6) is 10.3. The molecule has 20 rings (SSSR count). The van der Waals surface area contributed by atoms with Crippen molar-refractivity contribution in [3.8, 4) is 56.4 Å². The summed E-state index contributed by atoms with van der Waals surface area (Å²) in [5, 5.41) is 35.1. The Balaban J connectivity index is 0.000000119. The van der Waals surface area contributed by atoms with Gasteiger partial charge in [-0.05, 0) is 240 Å². The minimum Gasteiger partial charge on any atom is -0.340 e. The van der Waals surface area contributed by atoms with Crippen LogP contribution in [0.4, 0.5) is 57.5 Å². The van der Waals surface area contributed by atoms with Crippen LogP contribution < -0.4 is 53.2 Å². The maximum atomic E-state index is 6.10. The van der Waals surface area contributed by atoms with Crippen molar-refractivity contribution in [3.63, 3.8) is 0 Å². The summed E-state index contributed by atoms with van der Waals surface area (Å²) in [5.41, 5.74) is 19.6. The van der Waals surface area contributed by atoms with E-state index in [0.29, 0.717) is 34.6 Å². The number of nitrogens with one attached hydrogen (secondary N) is 10. The van der Waals surface area contributed by atoms with Gasteiger partial charge >= 0.3 is 0 Å². The average Bonchev–Trinajstić information content (AvgIpc) is 0.835. The summed E-state index contributed by atoms with van der Waals surface area (Å²) in [7, 11) is 0. The third-order valence-electron chi connectivity index (χ3n) is 23.3. The molecule has 14 heterocycles. The first kappa shape index (κ1) is 89.8. The van der Waals surface area contributed by atoms with Gasteiger partial charge in [-0.1, -0.05) is 125 Å². The minimum atomic E-state index is 0.324. The van der Waals surface area contributed by atoms with Crippen LogP contribution >= 0.6 is 11.6 Å². The third kappa shape index (κ3) is 26.3. The number of halogens is 1. The Hall–Kier alpha value is -13.6. The van der Waals surface area contributed by atoms with Gasteiger partial charge in [-0.3, -0.25) is 19.9 Å². The molecule has 5 aliphatic heterocycles. The van der Waals surface area contributed by atoms with Crippen LogP contribution in [-0.2, 0) is 0 Å². The zero-order valence-corrected chi connectivity index (χ0v) is 75.0. The molecule has 10 N–H and O–H groups in total. The fourth-order valence-corrected chi connectivity index (χ4v) is 16.4.